The van der Waals surface area contributed by atoms with Crippen LogP contribution in [0.4, 0.5) is 24.5 Å². The number of benzene rings is 4. The summed E-state index contributed by atoms with van der Waals surface area (Å²) in [4.78, 5) is 35.3. The second-order valence-corrected chi connectivity index (χ2v) is 14.8. The molecule has 1 N–H and O–H groups in total. The van der Waals surface area contributed by atoms with Gasteiger partial charge in [0.05, 0.1) is 24.3 Å². The van der Waals surface area contributed by atoms with Crippen LogP contribution in [0.15, 0.2) is 97.1 Å². The molecule has 0 bridgehead atoms. The zero-order valence-electron chi connectivity index (χ0n) is 30.1. The number of fused-ring (bicyclic) bond motifs is 2. The second kappa shape index (κ2) is 15.2. The summed E-state index contributed by atoms with van der Waals surface area (Å²) in [6, 6.07) is 25.5. The smallest absolute Gasteiger partial charge is 0.416 e. The number of ether oxygens (including phenoxy) is 1. The average Bonchev–Trinajstić information content (AvgIpc) is 3.58. The summed E-state index contributed by atoms with van der Waals surface area (Å²) < 4.78 is 49.4. The van der Waals surface area contributed by atoms with E-state index in [1.54, 1.807) is 24.3 Å². The largest absolute Gasteiger partial charge is 0.508 e. The van der Waals surface area contributed by atoms with Crippen molar-refractivity contribution in [2.45, 2.75) is 51.0 Å². The lowest BCUT2D eigenvalue weighted by Crippen LogP contribution is -2.52. The molecule has 8 rings (SSSR count). The van der Waals surface area contributed by atoms with Crippen molar-refractivity contribution < 1.29 is 32.6 Å². The van der Waals surface area contributed by atoms with E-state index in [0.717, 1.165) is 49.3 Å². The number of hydrogen-bond donors (Lipinski definition) is 1. The molecule has 3 aliphatic heterocycles. The summed E-state index contributed by atoms with van der Waals surface area (Å²) >= 11 is 6.67. The fraction of sp³-hybridized carbons (Fsp3) is 0.302. The van der Waals surface area contributed by atoms with E-state index in [4.69, 9.17) is 16.3 Å². The maximum atomic E-state index is 14.9. The van der Waals surface area contributed by atoms with Gasteiger partial charge >= 0.3 is 6.18 Å². The number of hydrogen-bond acceptors (Lipinski definition) is 5. The number of amides is 2. The average molecular weight is 769 g/mol. The molecular formula is C43H40ClF3N4O4. The number of alkyl halides is 3. The molecule has 1 fully saturated rings. The van der Waals surface area contributed by atoms with Gasteiger partial charge in [-0.2, -0.15) is 13.2 Å². The van der Waals surface area contributed by atoms with Gasteiger partial charge in [0.2, 0.25) is 0 Å². The van der Waals surface area contributed by atoms with Crippen LogP contribution < -0.4 is 4.90 Å². The third kappa shape index (κ3) is 7.48. The number of anilines is 2. The van der Waals surface area contributed by atoms with Gasteiger partial charge < -0.3 is 19.3 Å². The molecule has 4 aromatic carbocycles. The third-order valence-corrected chi connectivity index (χ3v) is 11.1. The SMILES string of the molecule is O=C(c1cc(-c2cc(Cl)ccc2C(=O)N2Cc3ccccc3C[C@H]2CN2CCOCC2)n2c1CCCC2)N(c1ccc(O)cc1)c1cccc(C(F)(F)F)c1. The molecule has 0 radical (unpaired) electrons. The Morgan fingerprint density at radius 1 is 0.836 bits per heavy atom. The molecule has 8 nitrogen and oxygen atoms in total. The fourth-order valence-corrected chi connectivity index (χ4v) is 8.32. The van der Waals surface area contributed by atoms with Gasteiger partial charge in [-0.05, 0) is 104 Å². The molecule has 0 unspecified atom stereocenters. The summed E-state index contributed by atoms with van der Waals surface area (Å²) in [7, 11) is 0. The lowest BCUT2D eigenvalue weighted by Gasteiger charge is -2.40. The Hall–Kier alpha value is -5.10. The normalized spacial score (nSPS) is 17.4. The third-order valence-electron chi connectivity index (χ3n) is 10.9. The van der Waals surface area contributed by atoms with Crippen LogP contribution in [-0.2, 0) is 36.8 Å². The minimum absolute atomic E-state index is 0.0261. The van der Waals surface area contributed by atoms with Crippen molar-refractivity contribution in [3.63, 3.8) is 0 Å². The van der Waals surface area contributed by atoms with Crippen molar-refractivity contribution in [2.24, 2.45) is 0 Å². The first-order chi connectivity index (χ1) is 26.5. The highest BCUT2D eigenvalue weighted by Crippen LogP contribution is 2.39. The molecule has 12 heteroatoms. The van der Waals surface area contributed by atoms with Crippen LogP contribution in [0.2, 0.25) is 5.02 Å². The molecule has 3 aliphatic rings. The number of carbonyl (C=O) groups excluding carboxylic acids is 2. The first kappa shape index (κ1) is 36.9. The Bertz CT molecular complexity index is 2230. The fourth-order valence-electron chi connectivity index (χ4n) is 8.15. The Kier molecular flexibility index (Phi) is 10.2. The summed E-state index contributed by atoms with van der Waals surface area (Å²) in [6.45, 7) is 4.61. The van der Waals surface area contributed by atoms with Crippen molar-refractivity contribution in [1.82, 2.24) is 14.4 Å². The molecule has 5 aromatic rings. The predicted molar refractivity (Wildman–Crippen MR) is 205 cm³/mol. The Morgan fingerprint density at radius 2 is 1.60 bits per heavy atom. The van der Waals surface area contributed by atoms with Crippen molar-refractivity contribution in [3.8, 4) is 17.0 Å². The minimum Gasteiger partial charge on any atom is -0.508 e. The van der Waals surface area contributed by atoms with E-state index in [-0.39, 0.29) is 29.1 Å². The van der Waals surface area contributed by atoms with E-state index in [1.165, 1.54) is 46.9 Å². The minimum atomic E-state index is -4.63. The standard InChI is InChI=1S/C43H40ClF3N4O4/c44-31-11-16-36(41(53)50-26-29-7-2-1-6-28(29)22-34(50)27-48-18-20-55-21-19-48)37(24-31)40-25-38(39-10-3-4-17-49(39)40)42(54)51(32-12-14-35(52)15-13-32)33-9-5-8-30(23-33)43(45,46)47/h1-2,5-9,11-16,23-25,34,52H,3-4,10,17-22,26-27H2/t34-/m0/s1. The first-order valence-corrected chi connectivity index (χ1v) is 18.9. The number of carbonyl (C=O) groups is 2. The molecule has 0 spiro atoms. The van der Waals surface area contributed by atoms with Crippen LogP contribution in [0.1, 0.15) is 55.9 Å². The Morgan fingerprint density at radius 3 is 2.36 bits per heavy atom. The number of halogens is 4. The van der Waals surface area contributed by atoms with Gasteiger partial charge in [-0.3, -0.25) is 19.4 Å². The van der Waals surface area contributed by atoms with E-state index in [2.05, 4.69) is 21.6 Å². The molecular weight excluding hydrogens is 729 g/mol. The van der Waals surface area contributed by atoms with Crippen LogP contribution in [-0.4, -0.2) is 70.2 Å². The van der Waals surface area contributed by atoms with E-state index in [1.807, 2.05) is 17.0 Å². The number of aromatic nitrogens is 1. The van der Waals surface area contributed by atoms with Crippen LogP contribution in [0.5, 0.6) is 5.75 Å². The number of nitrogens with zero attached hydrogens (tertiary/aromatic N) is 4. The van der Waals surface area contributed by atoms with Crippen molar-refractivity contribution in [1.29, 1.82) is 0 Å². The van der Waals surface area contributed by atoms with Gasteiger partial charge in [0.1, 0.15) is 5.75 Å². The summed E-state index contributed by atoms with van der Waals surface area (Å²) in [5.74, 6) is -0.727. The van der Waals surface area contributed by atoms with Gasteiger partial charge in [0.15, 0.2) is 0 Å². The molecule has 0 aliphatic carbocycles. The van der Waals surface area contributed by atoms with Gasteiger partial charge in [0, 0.05) is 77.7 Å². The van der Waals surface area contributed by atoms with Crippen molar-refractivity contribution in [2.75, 3.05) is 37.7 Å². The number of aromatic hydroxyl groups is 1. The summed E-state index contributed by atoms with van der Waals surface area (Å²) in [5.41, 5.74) is 4.47. The van der Waals surface area contributed by atoms with Gasteiger partial charge in [-0.25, -0.2) is 0 Å². The lowest BCUT2D eigenvalue weighted by molar-refractivity contribution is -0.137. The zero-order chi connectivity index (χ0) is 38.3. The molecule has 284 valence electrons. The first-order valence-electron chi connectivity index (χ1n) is 18.6. The van der Waals surface area contributed by atoms with E-state index in [9.17, 15) is 27.9 Å². The Balaban J connectivity index is 1.22. The second-order valence-electron chi connectivity index (χ2n) is 14.4. The maximum absolute atomic E-state index is 14.9. The van der Waals surface area contributed by atoms with Gasteiger partial charge in [0.25, 0.3) is 11.8 Å². The Labute approximate surface area is 322 Å². The number of phenolic OH excluding ortho intramolecular Hbond substituents is 1. The highest BCUT2D eigenvalue weighted by atomic mass is 35.5. The van der Waals surface area contributed by atoms with Crippen molar-refractivity contribution >= 4 is 34.8 Å². The van der Waals surface area contributed by atoms with Gasteiger partial charge in [-0.15, -0.1) is 0 Å². The molecule has 0 saturated carbocycles. The molecule has 4 heterocycles. The summed E-state index contributed by atoms with van der Waals surface area (Å²) in [5, 5.41) is 10.5. The molecule has 1 aromatic heterocycles. The van der Waals surface area contributed by atoms with Gasteiger partial charge in [-0.1, -0.05) is 41.9 Å². The number of morpholine rings is 1. The van der Waals surface area contributed by atoms with Crippen LogP contribution in [0.3, 0.4) is 0 Å². The highest BCUT2D eigenvalue weighted by molar-refractivity contribution is 6.31. The molecule has 55 heavy (non-hydrogen) atoms. The maximum Gasteiger partial charge on any atom is 0.416 e. The quantitative estimate of drug-likeness (QED) is 0.179. The topological polar surface area (TPSA) is 78.3 Å². The van der Waals surface area contributed by atoms with E-state index in [0.29, 0.717) is 73.1 Å². The van der Waals surface area contributed by atoms with Crippen LogP contribution in [0.25, 0.3) is 11.3 Å². The number of phenols is 1. The van der Waals surface area contributed by atoms with Crippen molar-refractivity contribution in [3.05, 3.63) is 136 Å². The van der Waals surface area contributed by atoms with E-state index < -0.39 is 17.6 Å². The predicted octanol–water partition coefficient (Wildman–Crippen LogP) is 8.75. The van der Waals surface area contributed by atoms with Crippen LogP contribution >= 0.6 is 11.6 Å². The molecule has 1 atom stereocenters. The number of rotatable bonds is 7. The summed E-state index contributed by atoms with van der Waals surface area (Å²) in [6.07, 6.45) is -1.71. The molecule has 2 amide bonds. The highest BCUT2D eigenvalue weighted by Gasteiger charge is 2.36. The lowest BCUT2D eigenvalue weighted by atomic mass is 9.92. The monoisotopic (exact) mass is 768 g/mol. The molecule has 1 saturated heterocycles. The zero-order valence-corrected chi connectivity index (χ0v) is 30.8. The van der Waals surface area contributed by atoms with Crippen LogP contribution in [0, 0.1) is 0 Å². The van der Waals surface area contributed by atoms with E-state index >= 15 is 0 Å².